The van der Waals surface area contributed by atoms with E-state index in [1.165, 1.54) is 153 Å². The number of pyridine rings is 4. The van der Waals surface area contributed by atoms with Crippen LogP contribution in [0.15, 0.2) is 264 Å². The van der Waals surface area contributed by atoms with Crippen molar-refractivity contribution in [1.29, 1.82) is 0 Å². The molecule has 10 aromatic heterocycles. The standard InChI is InChI=1S/C20H20FN3O2S.C19H17N3O2.C18H14FN3O2.C17H11Cl2N3O2.C17H12FN3O2/c1-12-19(20(2,3)4)27-18(24-12)8-17(25)13-5-14(21)7-15(6-13)26-16-9-22-11-23-10-16;1-13-6-15(19(23)9-16-5-3-4-14(2)22-16)8-17(7-13)24-18-10-20-12-21-11-18;1-12-4-13(18(23)8-15-7-14(19)2-3-22-15)6-16(5-12)24-17-9-20-11-21-10-17;18-12-1-2-14(22-7-12)6-17(23)11-3-13(19)5-15(4-11)24-16-8-20-10-21-9-16;18-13-5-12(17(22)8-14-3-1-2-4-21-14)6-15(7-13)23-16-9-19-11-20-10-16/h5-7,9-11H,8H2,1-4H3;3-8,10-12H,9H2,1-2H3;2-7,9-11H,8H2,1H3;1-5,7-10H,6H2;1-7,9-11H,8H2. The van der Waals surface area contributed by atoms with E-state index in [-0.39, 0.29) is 89.1 Å². The first kappa shape index (κ1) is 88.3. The van der Waals surface area contributed by atoms with Gasteiger partial charge in [-0.15, -0.1) is 11.3 Å². The van der Waals surface area contributed by atoms with Crippen LogP contribution >= 0.6 is 34.5 Å². The minimum atomic E-state index is -0.552. The Morgan fingerprint density at radius 1 is 0.336 bits per heavy atom. The summed E-state index contributed by atoms with van der Waals surface area (Å²) in [4.78, 5) is 123. The maximum absolute atomic E-state index is 14.0. The second-order valence-corrected chi connectivity index (χ2v) is 29.7. The van der Waals surface area contributed by atoms with Gasteiger partial charge in [0.25, 0.3) is 0 Å². The molecule has 10 heterocycles. The third-order valence-electron chi connectivity index (χ3n) is 16.6. The third-order valence-corrected chi connectivity index (χ3v) is 18.7. The molecule has 0 aliphatic heterocycles. The first-order valence-corrected chi connectivity index (χ1v) is 38.8. The summed E-state index contributed by atoms with van der Waals surface area (Å²) in [5.74, 6) is 1.93. The number of aromatic nitrogens is 15. The number of rotatable bonds is 25. The molecule has 0 amide bonds. The molecule has 15 rings (SSSR count). The number of hydrogen-bond donors (Lipinski definition) is 0. The number of nitrogens with zero attached hydrogens (tertiary/aromatic N) is 15. The summed E-state index contributed by atoms with van der Waals surface area (Å²) in [5, 5.41) is 1.65. The molecule has 614 valence electrons. The lowest BCUT2D eigenvalue weighted by molar-refractivity contribution is 0.0983. The molecule has 5 aromatic carbocycles. The van der Waals surface area contributed by atoms with Crippen LogP contribution in [0.1, 0.15) is 128 Å². The van der Waals surface area contributed by atoms with Gasteiger partial charge in [0.2, 0.25) is 0 Å². The Labute approximate surface area is 712 Å². The van der Waals surface area contributed by atoms with Crippen LogP contribution in [0.3, 0.4) is 0 Å². The van der Waals surface area contributed by atoms with Crippen molar-refractivity contribution in [2.75, 3.05) is 0 Å². The molecular formula is C91H74Cl2F3N15O10S. The Bertz CT molecular complexity index is 5940. The second-order valence-electron chi connectivity index (χ2n) is 27.8. The zero-order valence-corrected chi connectivity index (χ0v) is 68.8. The molecule has 0 spiro atoms. The first-order valence-electron chi connectivity index (χ1n) is 37.2. The molecule has 122 heavy (non-hydrogen) atoms. The van der Waals surface area contributed by atoms with Crippen LogP contribution in [0.4, 0.5) is 13.2 Å². The number of Topliss-reactive ketones (excluding diaryl/α,β-unsaturated/α-hetero) is 5. The average Bonchev–Trinajstić information content (AvgIpc) is 1.68. The largest absolute Gasteiger partial charge is 0.454 e. The zero-order valence-electron chi connectivity index (χ0n) is 66.5. The molecule has 0 aliphatic carbocycles. The molecule has 0 aliphatic rings. The Kier molecular flexibility index (Phi) is 31.3. The summed E-state index contributed by atoms with van der Waals surface area (Å²) < 4.78 is 69.0. The predicted molar refractivity (Wildman–Crippen MR) is 450 cm³/mol. The van der Waals surface area contributed by atoms with E-state index in [0.29, 0.717) is 89.8 Å². The number of halogens is 5. The van der Waals surface area contributed by atoms with Gasteiger partial charge in [0, 0.05) is 91.2 Å². The third kappa shape index (κ3) is 28.3. The van der Waals surface area contributed by atoms with Crippen molar-refractivity contribution in [3.05, 3.63) is 374 Å². The van der Waals surface area contributed by atoms with Crippen LogP contribution in [0.5, 0.6) is 57.5 Å². The van der Waals surface area contributed by atoms with E-state index in [2.05, 4.69) is 95.5 Å². The summed E-state index contributed by atoms with van der Waals surface area (Å²) in [7, 11) is 0. The van der Waals surface area contributed by atoms with Gasteiger partial charge in [-0.2, -0.15) is 0 Å². The van der Waals surface area contributed by atoms with Crippen molar-refractivity contribution >= 4 is 63.5 Å². The summed E-state index contributed by atoms with van der Waals surface area (Å²) in [6.07, 6.45) is 27.2. The van der Waals surface area contributed by atoms with Crippen molar-refractivity contribution in [2.24, 2.45) is 0 Å². The van der Waals surface area contributed by atoms with E-state index >= 15 is 0 Å². The van der Waals surface area contributed by atoms with Crippen molar-refractivity contribution in [2.45, 2.75) is 86.0 Å². The smallest absolute Gasteiger partial charge is 0.169 e. The van der Waals surface area contributed by atoms with Crippen molar-refractivity contribution < 1.29 is 60.8 Å². The maximum Gasteiger partial charge on any atom is 0.169 e. The lowest BCUT2D eigenvalue weighted by atomic mass is 9.93. The summed E-state index contributed by atoms with van der Waals surface area (Å²) in [6, 6.07) is 40.2. The molecule has 15 aromatic rings. The van der Waals surface area contributed by atoms with Gasteiger partial charge in [0.1, 0.15) is 82.8 Å². The number of thiazole rings is 1. The fourth-order valence-corrected chi connectivity index (χ4v) is 12.9. The molecule has 0 saturated heterocycles. The minimum absolute atomic E-state index is 0.00552. The van der Waals surface area contributed by atoms with Crippen LogP contribution in [-0.4, -0.2) is 104 Å². The van der Waals surface area contributed by atoms with Crippen LogP contribution in [0.25, 0.3) is 0 Å². The van der Waals surface area contributed by atoms with Crippen LogP contribution < -0.4 is 23.7 Å². The Morgan fingerprint density at radius 3 is 1.12 bits per heavy atom. The highest BCUT2D eigenvalue weighted by molar-refractivity contribution is 7.12. The predicted octanol–water partition coefficient (Wildman–Crippen LogP) is 19.8. The second kappa shape index (κ2) is 43.2. The first-order chi connectivity index (χ1) is 58.7. The quantitative estimate of drug-likeness (QED) is 0.0480. The highest BCUT2D eigenvalue weighted by Crippen LogP contribution is 2.34. The highest BCUT2D eigenvalue weighted by Gasteiger charge is 2.24. The summed E-state index contributed by atoms with van der Waals surface area (Å²) in [6.45, 7) is 14.0. The zero-order chi connectivity index (χ0) is 86.5. The lowest BCUT2D eigenvalue weighted by Gasteiger charge is -2.16. The normalized spacial score (nSPS) is 10.6. The minimum Gasteiger partial charge on any atom is -0.454 e. The summed E-state index contributed by atoms with van der Waals surface area (Å²) >= 11 is 13.4. The van der Waals surface area contributed by atoms with Gasteiger partial charge in [0.05, 0.1) is 110 Å². The molecule has 31 heteroatoms. The molecule has 0 unspecified atom stereocenters. The van der Waals surface area contributed by atoms with Gasteiger partial charge in [-0.25, -0.2) is 68.0 Å². The van der Waals surface area contributed by atoms with Crippen LogP contribution in [-0.2, 0) is 37.5 Å². The van der Waals surface area contributed by atoms with E-state index in [1.807, 2.05) is 64.1 Å². The molecular weight excluding hydrogens is 1620 g/mol. The van der Waals surface area contributed by atoms with Gasteiger partial charge in [-0.3, -0.25) is 43.9 Å². The molecule has 0 fully saturated rings. The monoisotopic (exact) mass is 1700 g/mol. The number of hydrogen-bond acceptors (Lipinski definition) is 26. The van der Waals surface area contributed by atoms with E-state index in [9.17, 15) is 37.1 Å². The molecule has 0 radical (unpaired) electrons. The van der Waals surface area contributed by atoms with Crippen LogP contribution in [0, 0.1) is 45.1 Å². The number of carbonyl (C=O) groups is 5. The molecule has 0 bridgehead atoms. The molecule has 0 atom stereocenters. The van der Waals surface area contributed by atoms with Gasteiger partial charge >= 0.3 is 0 Å². The molecule has 25 nitrogen and oxygen atoms in total. The van der Waals surface area contributed by atoms with Crippen LogP contribution in [0.2, 0.25) is 10.0 Å². The summed E-state index contributed by atoms with van der Waals surface area (Å²) in [5.41, 5.74) is 8.02. The Hall–Kier alpha value is -14.6. The van der Waals surface area contributed by atoms with Gasteiger partial charge in [-0.1, -0.05) is 56.1 Å². The van der Waals surface area contributed by atoms with Gasteiger partial charge in [0.15, 0.2) is 57.7 Å². The number of carbonyl (C=O) groups excluding carboxylic acids is 5. The van der Waals surface area contributed by atoms with Gasteiger partial charge < -0.3 is 23.7 Å². The fourth-order valence-electron chi connectivity index (χ4n) is 11.4. The molecule has 0 N–H and O–H groups in total. The van der Waals surface area contributed by atoms with E-state index in [0.717, 1.165) is 38.1 Å². The van der Waals surface area contributed by atoms with Crippen molar-refractivity contribution in [3.8, 4) is 57.5 Å². The van der Waals surface area contributed by atoms with E-state index in [1.54, 1.807) is 85.3 Å². The Morgan fingerprint density at radius 2 is 0.721 bits per heavy atom. The highest BCUT2D eigenvalue weighted by atomic mass is 35.5. The molecule has 0 saturated carbocycles. The fraction of sp³-hybridized carbons (Fsp3) is 0.143. The van der Waals surface area contributed by atoms with Crippen molar-refractivity contribution in [3.63, 3.8) is 0 Å². The van der Waals surface area contributed by atoms with Gasteiger partial charge in [-0.05, 0) is 172 Å². The number of ether oxygens (including phenoxy) is 5. The number of aryl methyl sites for hydroxylation is 4. The van der Waals surface area contributed by atoms with Crippen molar-refractivity contribution in [1.82, 2.24) is 74.8 Å². The van der Waals surface area contributed by atoms with E-state index in [4.69, 9.17) is 46.9 Å². The maximum atomic E-state index is 14.0. The Balaban J connectivity index is 0.000000149. The van der Waals surface area contributed by atoms with E-state index < -0.39 is 17.5 Å². The topological polar surface area (TPSA) is 325 Å². The average molecular weight is 1700 g/mol. The lowest BCUT2D eigenvalue weighted by Crippen LogP contribution is -2.10. The number of benzene rings is 5. The number of ketones is 5. The SMILES string of the molecule is Cc1cc(Oc2cncnc2)cc(C(=O)Cc2cc(F)ccn2)c1.Cc1cc(Oc2cncnc2)cc(C(=O)Cc2cccc(C)n2)c1.Cc1nc(CC(=O)c2cc(F)cc(Oc3cncnc3)c2)sc1C(C)(C)C.O=C(Cc1ccc(Cl)cn1)c1cc(Cl)cc(Oc2cncnc2)c1.O=C(Cc1ccccn1)c1cc(F)cc(Oc2cncnc2)c1.